The van der Waals surface area contributed by atoms with Gasteiger partial charge in [-0.25, -0.2) is 10.0 Å². The first kappa shape index (κ1) is 14.8. The molecule has 2 fully saturated rings. The fraction of sp³-hybridized carbons (Fsp3) is 0.929. The van der Waals surface area contributed by atoms with Crippen molar-refractivity contribution in [2.24, 2.45) is 0 Å². The first-order chi connectivity index (χ1) is 8.97. The Morgan fingerprint density at radius 1 is 1.16 bits per heavy atom. The maximum atomic E-state index is 12.4. The van der Waals surface area contributed by atoms with Crippen molar-refractivity contribution in [2.45, 2.75) is 51.7 Å². The van der Waals surface area contributed by atoms with Crippen LogP contribution < -0.4 is 5.32 Å². The van der Waals surface area contributed by atoms with Gasteiger partial charge in [0.1, 0.15) is 11.6 Å². The molecule has 0 aliphatic carbocycles. The molecule has 0 amide bonds. The van der Waals surface area contributed by atoms with Crippen LogP contribution in [0.1, 0.15) is 40.0 Å². The van der Waals surface area contributed by atoms with E-state index < -0.39 is 5.60 Å². The molecule has 2 saturated heterocycles. The number of carbonyl (C=O) groups is 1. The van der Waals surface area contributed by atoms with Gasteiger partial charge < -0.3 is 10.1 Å². The minimum atomic E-state index is -0.399. The number of piperidine rings is 1. The third kappa shape index (κ3) is 4.16. The summed E-state index contributed by atoms with van der Waals surface area (Å²) in [6.45, 7) is 10.7. The van der Waals surface area contributed by atoms with Crippen molar-refractivity contribution >= 4 is 5.97 Å². The van der Waals surface area contributed by atoms with Gasteiger partial charge in [0.25, 0.3) is 0 Å². The second-order valence-electron chi connectivity index (χ2n) is 6.41. The lowest BCUT2D eigenvalue weighted by molar-refractivity contribution is -0.175. The van der Waals surface area contributed by atoms with E-state index in [-0.39, 0.29) is 12.0 Å². The molecule has 2 aliphatic heterocycles. The van der Waals surface area contributed by atoms with Crippen LogP contribution in [0.25, 0.3) is 0 Å². The SMILES string of the molecule is CC(C)(C)OC(=O)C1CCCCN1N1CCNCC1. The predicted molar refractivity (Wildman–Crippen MR) is 74.6 cm³/mol. The van der Waals surface area contributed by atoms with Crippen molar-refractivity contribution in [2.75, 3.05) is 32.7 Å². The number of ether oxygens (including phenoxy) is 1. The van der Waals surface area contributed by atoms with Gasteiger partial charge in [0.15, 0.2) is 0 Å². The highest BCUT2D eigenvalue weighted by Crippen LogP contribution is 2.22. The highest BCUT2D eigenvalue weighted by molar-refractivity contribution is 5.76. The number of carbonyl (C=O) groups excluding carboxylic acids is 1. The van der Waals surface area contributed by atoms with Crippen LogP contribution in [0, 0.1) is 0 Å². The smallest absolute Gasteiger partial charge is 0.325 e. The quantitative estimate of drug-likeness (QED) is 0.758. The van der Waals surface area contributed by atoms with Gasteiger partial charge in [0.2, 0.25) is 0 Å². The summed E-state index contributed by atoms with van der Waals surface area (Å²) < 4.78 is 5.58. The average Bonchev–Trinajstić information content (AvgIpc) is 2.38. The number of piperazine rings is 1. The van der Waals surface area contributed by atoms with Crippen LogP contribution >= 0.6 is 0 Å². The van der Waals surface area contributed by atoms with E-state index in [1.165, 1.54) is 6.42 Å². The maximum absolute atomic E-state index is 12.4. The minimum absolute atomic E-state index is 0.0641. The molecule has 5 nitrogen and oxygen atoms in total. The average molecular weight is 269 g/mol. The third-order valence-electron chi connectivity index (χ3n) is 3.61. The molecule has 0 aromatic carbocycles. The summed E-state index contributed by atoms with van der Waals surface area (Å²) in [5.74, 6) is -0.0641. The highest BCUT2D eigenvalue weighted by atomic mass is 16.6. The lowest BCUT2D eigenvalue weighted by Gasteiger charge is -2.44. The largest absolute Gasteiger partial charge is 0.459 e. The molecule has 1 atom stereocenters. The van der Waals surface area contributed by atoms with Crippen LogP contribution in [0.4, 0.5) is 0 Å². The molecule has 1 unspecified atom stereocenters. The molecular formula is C14H27N3O2. The van der Waals surface area contributed by atoms with E-state index in [0.717, 1.165) is 45.6 Å². The zero-order valence-electron chi connectivity index (χ0n) is 12.4. The summed E-state index contributed by atoms with van der Waals surface area (Å²) in [4.78, 5) is 12.4. The second-order valence-corrected chi connectivity index (χ2v) is 6.41. The molecule has 110 valence electrons. The van der Waals surface area contributed by atoms with Crippen molar-refractivity contribution < 1.29 is 9.53 Å². The van der Waals surface area contributed by atoms with Crippen molar-refractivity contribution in [3.63, 3.8) is 0 Å². The minimum Gasteiger partial charge on any atom is -0.459 e. The second kappa shape index (κ2) is 6.20. The lowest BCUT2D eigenvalue weighted by atomic mass is 10.0. The lowest BCUT2D eigenvalue weighted by Crippen LogP contribution is -2.59. The van der Waals surface area contributed by atoms with Crippen molar-refractivity contribution in [1.29, 1.82) is 0 Å². The summed E-state index contributed by atoms with van der Waals surface area (Å²) in [7, 11) is 0. The van der Waals surface area contributed by atoms with Crippen LogP contribution in [-0.2, 0) is 9.53 Å². The third-order valence-corrected chi connectivity index (χ3v) is 3.61. The zero-order valence-corrected chi connectivity index (χ0v) is 12.4. The molecule has 2 aliphatic rings. The van der Waals surface area contributed by atoms with E-state index in [1.54, 1.807) is 0 Å². The van der Waals surface area contributed by atoms with Crippen LogP contribution in [-0.4, -0.2) is 60.4 Å². The zero-order chi connectivity index (χ0) is 13.9. The Morgan fingerprint density at radius 2 is 1.84 bits per heavy atom. The molecule has 2 heterocycles. The Bertz CT molecular complexity index is 308. The number of nitrogens with zero attached hydrogens (tertiary/aromatic N) is 2. The van der Waals surface area contributed by atoms with Crippen LogP contribution in [0.5, 0.6) is 0 Å². The number of hydrogen-bond donors (Lipinski definition) is 1. The molecule has 0 aromatic heterocycles. The first-order valence-corrected chi connectivity index (χ1v) is 7.42. The molecule has 0 bridgehead atoms. The molecule has 0 radical (unpaired) electrons. The van der Waals surface area contributed by atoms with Gasteiger partial charge in [0.05, 0.1) is 0 Å². The van der Waals surface area contributed by atoms with Gasteiger partial charge in [-0.1, -0.05) is 0 Å². The maximum Gasteiger partial charge on any atom is 0.325 e. The fourth-order valence-corrected chi connectivity index (χ4v) is 2.77. The van der Waals surface area contributed by atoms with E-state index in [4.69, 9.17) is 4.74 Å². The van der Waals surface area contributed by atoms with E-state index in [9.17, 15) is 4.79 Å². The Kier molecular flexibility index (Phi) is 4.81. The van der Waals surface area contributed by atoms with E-state index in [1.807, 2.05) is 20.8 Å². The number of esters is 1. The predicted octanol–water partition coefficient (Wildman–Crippen LogP) is 1.00. The van der Waals surface area contributed by atoms with Gasteiger partial charge in [-0.2, -0.15) is 0 Å². The topological polar surface area (TPSA) is 44.8 Å². The standard InChI is InChI=1S/C14H27N3O2/c1-14(2,3)19-13(18)12-6-4-5-9-17(12)16-10-7-15-8-11-16/h12,15H,4-11H2,1-3H3. The van der Waals surface area contributed by atoms with Crippen LogP contribution in [0.2, 0.25) is 0 Å². The molecule has 0 saturated carbocycles. The van der Waals surface area contributed by atoms with Crippen LogP contribution in [0.15, 0.2) is 0 Å². The summed E-state index contributed by atoms with van der Waals surface area (Å²) in [5, 5.41) is 7.92. The van der Waals surface area contributed by atoms with Gasteiger partial charge >= 0.3 is 5.97 Å². The Balaban J connectivity index is 2.00. The summed E-state index contributed by atoms with van der Waals surface area (Å²) in [5.41, 5.74) is -0.399. The number of hydrazine groups is 1. The first-order valence-electron chi connectivity index (χ1n) is 7.42. The van der Waals surface area contributed by atoms with Gasteiger partial charge in [-0.3, -0.25) is 4.79 Å². The highest BCUT2D eigenvalue weighted by Gasteiger charge is 2.35. The summed E-state index contributed by atoms with van der Waals surface area (Å²) in [6.07, 6.45) is 3.20. The van der Waals surface area contributed by atoms with Gasteiger partial charge in [0, 0.05) is 32.7 Å². The molecule has 1 N–H and O–H groups in total. The van der Waals surface area contributed by atoms with E-state index in [0.29, 0.717) is 0 Å². The Morgan fingerprint density at radius 3 is 2.47 bits per heavy atom. The molecule has 19 heavy (non-hydrogen) atoms. The number of nitrogens with one attached hydrogen (secondary N) is 1. The van der Waals surface area contributed by atoms with Gasteiger partial charge in [-0.05, 0) is 40.0 Å². The molecule has 0 spiro atoms. The van der Waals surface area contributed by atoms with E-state index in [2.05, 4.69) is 15.3 Å². The molecule has 0 aromatic rings. The van der Waals surface area contributed by atoms with Crippen molar-refractivity contribution in [1.82, 2.24) is 15.3 Å². The Labute approximate surface area is 116 Å². The molecule has 5 heteroatoms. The fourth-order valence-electron chi connectivity index (χ4n) is 2.77. The molecule has 2 rings (SSSR count). The monoisotopic (exact) mass is 269 g/mol. The number of hydrogen-bond acceptors (Lipinski definition) is 5. The normalized spacial score (nSPS) is 27.2. The summed E-state index contributed by atoms with van der Waals surface area (Å²) in [6, 6.07) is -0.0916. The van der Waals surface area contributed by atoms with E-state index >= 15 is 0 Å². The van der Waals surface area contributed by atoms with Crippen molar-refractivity contribution in [3.8, 4) is 0 Å². The van der Waals surface area contributed by atoms with Crippen LogP contribution in [0.3, 0.4) is 0 Å². The summed E-state index contributed by atoms with van der Waals surface area (Å²) >= 11 is 0. The molecular weight excluding hydrogens is 242 g/mol. The van der Waals surface area contributed by atoms with Gasteiger partial charge in [-0.15, -0.1) is 0 Å². The number of rotatable bonds is 2. The van der Waals surface area contributed by atoms with Crippen molar-refractivity contribution in [3.05, 3.63) is 0 Å². The Hall–Kier alpha value is -0.650.